The molecule has 1 aliphatic heterocycles. The number of carboxylic acids is 1. The van der Waals surface area contributed by atoms with Gasteiger partial charge in [-0.2, -0.15) is 9.67 Å². The van der Waals surface area contributed by atoms with Gasteiger partial charge in [-0.25, -0.2) is 4.68 Å². The molecule has 0 fully saturated rings. The molecule has 0 saturated carbocycles. The Labute approximate surface area is 219 Å². The summed E-state index contributed by atoms with van der Waals surface area (Å²) in [7, 11) is 1.67. The van der Waals surface area contributed by atoms with Crippen molar-refractivity contribution >= 4 is 41.0 Å². The van der Waals surface area contributed by atoms with Crippen LogP contribution in [0.25, 0.3) is 5.70 Å². The summed E-state index contributed by atoms with van der Waals surface area (Å²) in [5.41, 5.74) is 12.5. The molecule has 2 aromatic carbocycles. The lowest BCUT2D eigenvalue weighted by atomic mass is 10.1. The van der Waals surface area contributed by atoms with Crippen molar-refractivity contribution < 1.29 is 19.2 Å². The minimum atomic E-state index is -1.08. The van der Waals surface area contributed by atoms with Gasteiger partial charge in [-0.15, -0.1) is 0 Å². The van der Waals surface area contributed by atoms with E-state index in [-0.39, 0.29) is 0 Å². The highest BCUT2D eigenvalue weighted by Gasteiger charge is 2.30. The molecule has 0 atom stereocenters. The van der Waals surface area contributed by atoms with Crippen LogP contribution in [0.5, 0.6) is 5.75 Å². The Kier molecular flexibility index (Phi) is 8.00. The fraction of sp³-hybridized carbons (Fsp3) is 0.143. The first-order valence-corrected chi connectivity index (χ1v) is 11.9. The standard InChI is InChI=1S/C26H23ClN5O.C2H4O2/c1-33-23-10-8-19(9-11-23)25-20(14-22-7-2-3-12-31(22)25)15-29-24-16-30-32(26(24)28)17-18-5-4-6-21(27)13-18;1-2(3)4/h2-13,15-16H,14,17,28H2,1H3;1H3,(H,3,4)/q+1;/p-1/b29-15+;. The minimum absolute atomic E-state index is 0.515. The number of halogens is 1. The Balaban J connectivity index is 0.000000747. The number of benzene rings is 2. The second-order valence-electron chi connectivity index (χ2n) is 8.29. The molecule has 9 heteroatoms. The van der Waals surface area contributed by atoms with Crippen LogP contribution < -0.4 is 20.1 Å². The molecule has 8 nitrogen and oxygen atoms in total. The predicted molar refractivity (Wildman–Crippen MR) is 142 cm³/mol. The van der Waals surface area contributed by atoms with Crippen molar-refractivity contribution in [2.75, 3.05) is 12.8 Å². The maximum Gasteiger partial charge on any atom is 0.223 e. The normalized spacial score (nSPS) is 12.3. The molecule has 0 saturated heterocycles. The summed E-state index contributed by atoms with van der Waals surface area (Å²) < 4.78 is 9.25. The first-order chi connectivity index (χ1) is 17.9. The SMILES string of the molecule is CC(=O)[O-].COc1ccc(C2=C(/C=N/c3cnn(Cc4cccc(Cl)c4)c3N)Cc3cccc[n+]32)cc1. The van der Waals surface area contributed by atoms with E-state index in [4.69, 9.17) is 37.0 Å². The number of fused-ring (bicyclic) bond motifs is 1. The second-order valence-corrected chi connectivity index (χ2v) is 8.73. The van der Waals surface area contributed by atoms with E-state index in [0.29, 0.717) is 23.1 Å². The highest BCUT2D eigenvalue weighted by atomic mass is 35.5. The van der Waals surface area contributed by atoms with Crippen LogP contribution in [-0.4, -0.2) is 29.1 Å². The number of aliphatic imine (C=N–C) groups is 1. The van der Waals surface area contributed by atoms with Crippen molar-refractivity contribution in [3.05, 3.63) is 107 Å². The van der Waals surface area contributed by atoms with Gasteiger partial charge in [0, 0.05) is 34.9 Å². The van der Waals surface area contributed by atoms with Crippen molar-refractivity contribution in [3.8, 4) is 5.75 Å². The molecule has 4 aromatic rings. The van der Waals surface area contributed by atoms with Crippen LogP contribution in [0.3, 0.4) is 0 Å². The van der Waals surface area contributed by atoms with Gasteiger partial charge >= 0.3 is 0 Å². The number of aliphatic carboxylic acids is 1. The summed E-state index contributed by atoms with van der Waals surface area (Å²) in [4.78, 5) is 13.6. The van der Waals surface area contributed by atoms with E-state index >= 15 is 0 Å². The molecule has 0 amide bonds. The number of anilines is 1. The Morgan fingerprint density at radius 2 is 1.97 bits per heavy atom. The first kappa shape index (κ1) is 25.7. The highest BCUT2D eigenvalue weighted by Crippen LogP contribution is 2.27. The Morgan fingerprint density at radius 1 is 1.22 bits per heavy atom. The number of ether oxygens (including phenoxy) is 1. The zero-order valence-corrected chi connectivity index (χ0v) is 21.2. The minimum Gasteiger partial charge on any atom is -0.550 e. The van der Waals surface area contributed by atoms with Crippen LogP contribution >= 0.6 is 11.6 Å². The molecule has 3 heterocycles. The van der Waals surface area contributed by atoms with Gasteiger partial charge in [-0.1, -0.05) is 29.8 Å². The van der Waals surface area contributed by atoms with E-state index in [1.165, 1.54) is 5.69 Å². The van der Waals surface area contributed by atoms with Crippen molar-refractivity contribution in [1.82, 2.24) is 9.78 Å². The molecule has 0 radical (unpaired) electrons. The van der Waals surface area contributed by atoms with Crippen LogP contribution in [-0.2, 0) is 17.8 Å². The average Bonchev–Trinajstić information content (AvgIpc) is 3.42. The van der Waals surface area contributed by atoms with Gasteiger partial charge in [0.1, 0.15) is 17.3 Å². The van der Waals surface area contributed by atoms with E-state index in [0.717, 1.165) is 41.5 Å². The first-order valence-electron chi connectivity index (χ1n) is 11.5. The smallest absolute Gasteiger partial charge is 0.223 e. The Bertz CT molecular complexity index is 1470. The van der Waals surface area contributed by atoms with Gasteiger partial charge in [0.2, 0.25) is 5.70 Å². The number of nitrogens with two attached hydrogens (primary N) is 1. The van der Waals surface area contributed by atoms with Crippen LogP contribution in [0.4, 0.5) is 11.5 Å². The van der Waals surface area contributed by atoms with Crippen molar-refractivity contribution in [2.24, 2.45) is 4.99 Å². The predicted octanol–water partition coefficient (Wildman–Crippen LogP) is 3.44. The molecule has 0 spiro atoms. The molecule has 0 aliphatic carbocycles. The topological polar surface area (TPSA) is 109 Å². The third-order valence-corrected chi connectivity index (χ3v) is 5.90. The number of methoxy groups -OCH3 is 1. The molecular weight excluding hydrogens is 490 g/mol. The Morgan fingerprint density at radius 3 is 2.68 bits per heavy atom. The van der Waals surface area contributed by atoms with E-state index in [9.17, 15) is 0 Å². The highest BCUT2D eigenvalue weighted by molar-refractivity contribution is 6.30. The number of hydrogen-bond donors (Lipinski definition) is 1. The zero-order chi connectivity index (χ0) is 26.4. The molecule has 37 heavy (non-hydrogen) atoms. The van der Waals surface area contributed by atoms with E-state index in [1.807, 2.05) is 48.7 Å². The maximum absolute atomic E-state index is 8.89. The number of pyridine rings is 1. The number of nitrogens with zero attached hydrogens (tertiary/aromatic N) is 4. The second kappa shape index (κ2) is 11.5. The summed E-state index contributed by atoms with van der Waals surface area (Å²) in [6, 6.07) is 21.9. The lowest BCUT2D eigenvalue weighted by Gasteiger charge is -2.05. The summed E-state index contributed by atoms with van der Waals surface area (Å²) in [6.07, 6.45) is 6.44. The molecule has 0 unspecified atom stereocenters. The number of carboxylic acid groups (broad SMARTS) is 1. The van der Waals surface area contributed by atoms with E-state index in [2.05, 4.69) is 40.1 Å². The summed E-state index contributed by atoms with van der Waals surface area (Å²) in [6.45, 7) is 1.50. The lowest BCUT2D eigenvalue weighted by molar-refractivity contribution is -0.582. The summed E-state index contributed by atoms with van der Waals surface area (Å²) in [5, 5.41) is 14.0. The monoisotopic (exact) mass is 515 g/mol. The average molecular weight is 516 g/mol. The number of nitrogen functional groups attached to an aromatic ring is 1. The van der Waals surface area contributed by atoms with E-state index in [1.54, 1.807) is 18.0 Å². The van der Waals surface area contributed by atoms with Crippen molar-refractivity contribution in [2.45, 2.75) is 19.9 Å². The molecule has 0 bridgehead atoms. The largest absolute Gasteiger partial charge is 0.550 e. The molecule has 2 aromatic heterocycles. The van der Waals surface area contributed by atoms with Gasteiger partial charge in [0.15, 0.2) is 11.9 Å². The van der Waals surface area contributed by atoms with Crippen LogP contribution in [0, 0.1) is 0 Å². The number of carbonyl (C=O) groups excluding carboxylic acids is 1. The van der Waals surface area contributed by atoms with Gasteiger partial charge in [0.25, 0.3) is 0 Å². The van der Waals surface area contributed by atoms with E-state index < -0.39 is 5.97 Å². The van der Waals surface area contributed by atoms with Crippen molar-refractivity contribution in [3.63, 3.8) is 0 Å². The molecule has 1 aliphatic rings. The summed E-state index contributed by atoms with van der Waals surface area (Å²) >= 11 is 6.10. The summed E-state index contributed by atoms with van der Waals surface area (Å²) in [5.74, 6) is 0.256. The molecule has 188 valence electrons. The van der Waals surface area contributed by atoms with Gasteiger partial charge in [-0.05, 0) is 48.9 Å². The lowest BCUT2D eigenvalue weighted by Crippen LogP contribution is -2.33. The van der Waals surface area contributed by atoms with Crippen LogP contribution in [0.15, 0.2) is 89.7 Å². The molecule has 5 rings (SSSR count). The fourth-order valence-electron chi connectivity index (χ4n) is 4.02. The van der Waals surface area contributed by atoms with Crippen molar-refractivity contribution in [1.29, 1.82) is 0 Å². The maximum atomic E-state index is 8.89. The van der Waals surface area contributed by atoms with Crippen LogP contribution in [0.1, 0.15) is 23.7 Å². The number of aromatic nitrogens is 3. The number of rotatable bonds is 6. The van der Waals surface area contributed by atoms with Gasteiger partial charge in [-0.3, -0.25) is 4.99 Å². The zero-order valence-electron chi connectivity index (χ0n) is 20.5. The number of allylic oxidation sites excluding steroid dienone is 1. The third kappa shape index (κ3) is 6.23. The Hall–Kier alpha value is -4.43. The van der Waals surface area contributed by atoms with Crippen LogP contribution in [0.2, 0.25) is 5.02 Å². The third-order valence-electron chi connectivity index (χ3n) is 5.67. The van der Waals surface area contributed by atoms with Gasteiger partial charge < -0.3 is 20.4 Å². The number of hydrogen-bond acceptors (Lipinski definition) is 6. The van der Waals surface area contributed by atoms with Gasteiger partial charge in [0.05, 0.1) is 31.8 Å². The fourth-order valence-corrected chi connectivity index (χ4v) is 4.23. The quantitative estimate of drug-likeness (QED) is 0.312. The molecular formula is C28H26ClN5O3. The molecule has 2 N–H and O–H groups in total. The number of carbonyl (C=O) groups is 1.